The first-order valence-corrected chi connectivity index (χ1v) is 5.17. The van der Waals surface area contributed by atoms with Crippen molar-refractivity contribution < 1.29 is 0 Å². The minimum absolute atomic E-state index is 0.177. The number of nitrogens with one attached hydrogen (secondary N) is 1. The second kappa shape index (κ2) is 3.78. The Hall–Kier alpha value is -0.480. The summed E-state index contributed by atoms with van der Waals surface area (Å²) in [6, 6.07) is 2.01. The standard InChI is InChI=1S/C7H10N2S2/c1-2-10-5-3-4-11-6(5)7(8)9/h3-4H,2H2,1H3,(H3,8,9). The topological polar surface area (TPSA) is 49.9 Å². The molecule has 0 amide bonds. The maximum absolute atomic E-state index is 7.25. The van der Waals surface area contributed by atoms with Gasteiger partial charge in [-0.05, 0) is 17.2 Å². The van der Waals surface area contributed by atoms with Crippen LogP contribution in [0.2, 0.25) is 0 Å². The summed E-state index contributed by atoms with van der Waals surface area (Å²) in [6.45, 7) is 2.09. The van der Waals surface area contributed by atoms with Gasteiger partial charge in [-0.1, -0.05) is 6.92 Å². The number of thioether (sulfide) groups is 1. The van der Waals surface area contributed by atoms with Crippen molar-refractivity contribution >= 4 is 28.9 Å². The van der Waals surface area contributed by atoms with Gasteiger partial charge >= 0.3 is 0 Å². The molecule has 0 spiro atoms. The molecule has 0 saturated heterocycles. The van der Waals surface area contributed by atoms with E-state index in [0.717, 1.165) is 15.5 Å². The molecule has 0 unspecified atom stereocenters. The third kappa shape index (κ3) is 1.97. The predicted octanol–water partition coefficient (Wildman–Crippen LogP) is 2.14. The van der Waals surface area contributed by atoms with E-state index in [4.69, 9.17) is 11.1 Å². The maximum atomic E-state index is 7.25. The highest BCUT2D eigenvalue weighted by molar-refractivity contribution is 7.99. The van der Waals surface area contributed by atoms with Gasteiger partial charge in [-0.2, -0.15) is 0 Å². The highest BCUT2D eigenvalue weighted by Crippen LogP contribution is 2.26. The van der Waals surface area contributed by atoms with E-state index in [1.54, 1.807) is 11.8 Å². The molecular weight excluding hydrogens is 176 g/mol. The van der Waals surface area contributed by atoms with Crippen molar-refractivity contribution in [3.8, 4) is 0 Å². The summed E-state index contributed by atoms with van der Waals surface area (Å²) in [7, 11) is 0. The molecular formula is C7H10N2S2. The van der Waals surface area contributed by atoms with Crippen LogP contribution in [0.5, 0.6) is 0 Å². The van der Waals surface area contributed by atoms with Crippen molar-refractivity contribution in [2.45, 2.75) is 11.8 Å². The Kier molecular flexibility index (Phi) is 2.96. The molecule has 0 atom stereocenters. The molecule has 1 aromatic heterocycles. The molecule has 0 aromatic carbocycles. The summed E-state index contributed by atoms with van der Waals surface area (Å²) in [5.41, 5.74) is 5.37. The number of hydrogen-bond acceptors (Lipinski definition) is 3. The molecule has 1 heterocycles. The zero-order valence-electron chi connectivity index (χ0n) is 6.26. The zero-order chi connectivity index (χ0) is 8.27. The summed E-state index contributed by atoms with van der Waals surface area (Å²) in [4.78, 5) is 2.03. The maximum Gasteiger partial charge on any atom is 0.134 e. The fourth-order valence-corrected chi connectivity index (χ4v) is 2.54. The third-order valence-corrected chi connectivity index (χ3v) is 3.19. The lowest BCUT2D eigenvalue weighted by Crippen LogP contribution is -2.09. The Bertz CT molecular complexity index is 255. The molecule has 0 radical (unpaired) electrons. The summed E-state index contributed by atoms with van der Waals surface area (Å²) >= 11 is 3.25. The molecule has 3 N–H and O–H groups in total. The summed E-state index contributed by atoms with van der Waals surface area (Å²) in [6.07, 6.45) is 0. The molecule has 0 aliphatic rings. The van der Waals surface area contributed by atoms with Gasteiger partial charge < -0.3 is 5.73 Å². The summed E-state index contributed by atoms with van der Waals surface area (Å²) in [5, 5.41) is 9.21. The van der Waals surface area contributed by atoms with Gasteiger partial charge in [0.25, 0.3) is 0 Å². The van der Waals surface area contributed by atoms with Gasteiger partial charge in [-0.3, -0.25) is 5.41 Å². The number of nitrogens with two attached hydrogens (primary N) is 1. The Morgan fingerprint density at radius 2 is 2.55 bits per heavy atom. The highest BCUT2D eigenvalue weighted by Gasteiger charge is 2.05. The predicted molar refractivity (Wildman–Crippen MR) is 51.7 cm³/mol. The normalized spacial score (nSPS) is 9.91. The van der Waals surface area contributed by atoms with Gasteiger partial charge in [0.05, 0.1) is 4.88 Å². The van der Waals surface area contributed by atoms with Crippen LogP contribution in [0.3, 0.4) is 0 Å². The van der Waals surface area contributed by atoms with E-state index in [-0.39, 0.29) is 5.84 Å². The van der Waals surface area contributed by atoms with Crippen LogP contribution in [0.4, 0.5) is 0 Å². The fourth-order valence-electron chi connectivity index (χ4n) is 0.763. The minimum Gasteiger partial charge on any atom is -0.383 e. The first-order chi connectivity index (χ1) is 5.25. The van der Waals surface area contributed by atoms with Crippen LogP contribution in [0, 0.1) is 5.41 Å². The Balaban J connectivity index is 2.87. The Morgan fingerprint density at radius 3 is 3.09 bits per heavy atom. The molecule has 60 valence electrons. The number of amidine groups is 1. The fraction of sp³-hybridized carbons (Fsp3) is 0.286. The Morgan fingerprint density at radius 1 is 1.82 bits per heavy atom. The average molecular weight is 186 g/mol. The highest BCUT2D eigenvalue weighted by atomic mass is 32.2. The van der Waals surface area contributed by atoms with Crippen molar-refractivity contribution in [2.24, 2.45) is 5.73 Å². The smallest absolute Gasteiger partial charge is 0.134 e. The van der Waals surface area contributed by atoms with E-state index < -0.39 is 0 Å². The lowest BCUT2D eigenvalue weighted by Gasteiger charge is -1.97. The van der Waals surface area contributed by atoms with Gasteiger partial charge in [0, 0.05) is 4.90 Å². The molecule has 1 rings (SSSR count). The molecule has 4 heteroatoms. The summed E-state index contributed by atoms with van der Waals surface area (Å²) < 4.78 is 0. The van der Waals surface area contributed by atoms with Crippen LogP contribution >= 0.6 is 23.1 Å². The molecule has 0 aliphatic carbocycles. The molecule has 0 aliphatic heterocycles. The van der Waals surface area contributed by atoms with Crippen molar-refractivity contribution in [3.63, 3.8) is 0 Å². The van der Waals surface area contributed by atoms with Gasteiger partial charge in [0.15, 0.2) is 0 Å². The van der Waals surface area contributed by atoms with E-state index >= 15 is 0 Å². The van der Waals surface area contributed by atoms with Crippen LogP contribution in [0.15, 0.2) is 16.3 Å². The van der Waals surface area contributed by atoms with Crippen molar-refractivity contribution in [2.75, 3.05) is 5.75 Å². The largest absolute Gasteiger partial charge is 0.383 e. The van der Waals surface area contributed by atoms with E-state index in [2.05, 4.69) is 6.92 Å². The Labute approximate surface area is 74.3 Å². The van der Waals surface area contributed by atoms with E-state index in [1.165, 1.54) is 11.3 Å². The van der Waals surface area contributed by atoms with Gasteiger partial charge in [0.1, 0.15) is 5.84 Å². The average Bonchev–Trinajstić information content (AvgIpc) is 2.36. The number of hydrogen-bond donors (Lipinski definition) is 2. The van der Waals surface area contributed by atoms with Crippen molar-refractivity contribution in [3.05, 3.63) is 16.3 Å². The van der Waals surface area contributed by atoms with Crippen LogP contribution in [0.25, 0.3) is 0 Å². The second-order valence-corrected chi connectivity index (χ2v) is 4.18. The van der Waals surface area contributed by atoms with Crippen LogP contribution in [-0.4, -0.2) is 11.6 Å². The quantitative estimate of drug-likeness (QED) is 0.431. The number of nitrogen functional groups attached to an aromatic ring is 1. The van der Waals surface area contributed by atoms with Gasteiger partial charge in [0.2, 0.25) is 0 Å². The van der Waals surface area contributed by atoms with Gasteiger partial charge in [-0.25, -0.2) is 0 Å². The van der Waals surface area contributed by atoms with Crippen LogP contribution in [-0.2, 0) is 0 Å². The van der Waals surface area contributed by atoms with Crippen molar-refractivity contribution in [1.82, 2.24) is 0 Å². The molecule has 0 fully saturated rings. The molecule has 0 saturated carbocycles. The molecule has 1 aromatic rings. The van der Waals surface area contributed by atoms with Crippen molar-refractivity contribution in [1.29, 1.82) is 5.41 Å². The van der Waals surface area contributed by atoms with E-state index in [1.807, 2.05) is 11.4 Å². The lowest BCUT2D eigenvalue weighted by molar-refractivity contribution is 1.40. The minimum atomic E-state index is 0.177. The lowest BCUT2D eigenvalue weighted by atomic mass is 10.4. The number of thiophene rings is 1. The SMILES string of the molecule is CCSc1ccsc1C(=N)N. The summed E-state index contributed by atoms with van der Waals surface area (Å²) in [5.74, 6) is 1.20. The second-order valence-electron chi connectivity index (χ2n) is 1.96. The molecule has 11 heavy (non-hydrogen) atoms. The van der Waals surface area contributed by atoms with E-state index in [0.29, 0.717) is 0 Å². The molecule has 0 bridgehead atoms. The third-order valence-electron chi connectivity index (χ3n) is 1.17. The monoisotopic (exact) mass is 186 g/mol. The van der Waals surface area contributed by atoms with Crippen LogP contribution in [0.1, 0.15) is 11.8 Å². The van der Waals surface area contributed by atoms with Gasteiger partial charge in [-0.15, -0.1) is 23.1 Å². The first kappa shape index (κ1) is 8.62. The van der Waals surface area contributed by atoms with E-state index in [9.17, 15) is 0 Å². The zero-order valence-corrected chi connectivity index (χ0v) is 7.89. The first-order valence-electron chi connectivity index (χ1n) is 3.30. The molecule has 2 nitrogen and oxygen atoms in total. The number of rotatable bonds is 3. The van der Waals surface area contributed by atoms with Crippen LogP contribution < -0.4 is 5.73 Å².